The topological polar surface area (TPSA) is 79.9 Å². The van der Waals surface area contributed by atoms with Gasteiger partial charge >= 0.3 is 0 Å². The van der Waals surface area contributed by atoms with E-state index in [2.05, 4.69) is 10.9 Å². The Balaban J connectivity index is 1.99. The first kappa shape index (κ1) is 20.1. The molecule has 0 spiro atoms. The van der Waals surface area contributed by atoms with Crippen molar-refractivity contribution in [3.8, 4) is 11.5 Å². The van der Waals surface area contributed by atoms with Gasteiger partial charge in [-0.15, -0.1) is 0 Å². The van der Waals surface area contributed by atoms with Crippen molar-refractivity contribution in [1.82, 2.24) is 10.9 Å². The fourth-order valence-electron chi connectivity index (χ4n) is 2.31. The lowest BCUT2D eigenvalue weighted by atomic mass is 10.2. The van der Waals surface area contributed by atoms with Gasteiger partial charge in [0.15, 0.2) is 11.5 Å². The Morgan fingerprint density at radius 3 is 2.07 bits per heavy atom. The van der Waals surface area contributed by atoms with Crippen LogP contribution in [-0.2, 0) is 0 Å². The van der Waals surface area contributed by atoms with Gasteiger partial charge in [-0.1, -0.05) is 6.92 Å². The largest absolute Gasteiger partial charge is 0.493 e. The second kappa shape index (κ2) is 9.47. The number of nitrogens with one attached hydrogen (secondary N) is 2. The van der Waals surface area contributed by atoms with Gasteiger partial charge in [0, 0.05) is 30.9 Å². The molecule has 0 fully saturated rings. The van der Waals surface area contributed by atoms with Gasteiger partial charge in [0.2, 0.25) is 0 Å². The lowest BCUT2D eigenvalue weighted by Crippen LogP contribution is -2.41. The number of hydrogen-bond acceptors (Lipinski definition) is 5. The summed E-state index contributed by atoms with van der Waals surface area (Å²) in [5.41, 5.74) is 6.58. The molecule has 2 rings (SSSR count). The van der Waals surface area contributed by atoms with Crippen LogP contribution in [-0.4, -0.2) is 39.6 Å². The maximum absolute atomic E-state index is 12.3. The lowest BCUT2D eigenvalue weighted by Gasteiger charge is -2.13. The average Bonchev–Trinajstić information content (AvgIpc) is 2.70. The standard InChI is InChI=1S/C20H25N3O4/c1-5-12-27-17-11-8-15(13-18(17)26-4)20(25)22-21-19(24)14-6-9-16(10-7-14)23(2)3/h6-11,13H,5,12H2,1-4H3,(H,21,24)(H,22,25). The second-order valence-electron chi connectivity index (χ2n) is 6.06. The smallest absolute Gasteiger partial charge is 0.269 e. The quantitative estimate of drug-likeness (QED) is 0.732. The predicted octanol–water partition coefficient (Wildman–Crippen LogP) is 2.62. The highest BCUT2D eigenvalue weighted by molar-refractivity contribution is 5.99. The van der Waals surface area contributed by atoms with Gasteiger partial charge in [-0.25, -0.2) is 0 Å². The third-order valence-electron chi connectivity index (χ3n) is 3.82. The van der Waals surface area contributed by atoms with Crippen molar-refractivity contribution in [2.75, 3.05) is 32.7 Å². The molecular weight excluding hydrogens is 346 g/mol. The maximum Gasteiger partial charge on any atom is 0.269 e. The molecule has 0 bridgehead atoms. The molecular formula is C20H25N3O4. The molecule has 2 N–H and O–H groups in total. The number of hydrogen-bond donors (Lipinski definition) is 2. The van der Waals surface area contributed by atoms with Crippen molar-refractivity contribution in [3.63, 3.8) is 0 Å². The Hall–Kier alpha value is -3.22. The van der Waals surface area contributed by atoms with E-state index in [0.717, 1.165) is 12.1 Å². The van der Waals surface area contributed by atoms with E-state index in [1.54, 1.807) is 30.3 Å². The summed E-state index contributed by atoms with van der Waals surface area (Å²) in [5.74, 6) is 0.180. The zero-order chi connectivity index (χ0) is 19.8. The molecule has 0 aromatic heterocycles. The van der Waals surface area contributed by atoms with Crippen LogP contribution in [0.2, 0.25) is 0 Å². The highest BCUT2D eigenvalue weighted by Crippen LogP contribution is 2.28. The predicted molar refractivity (Wildman–Crippen MR) is 104 cm³/mol. The fraction of sp³-hybridized carbons (Fsp3) is 0.300. The third kappa shape index (κ3) is 5.37. The number of ether oxygens (including phenoxy) is 2. The van der Waals surface area contributed by atoms with Gasteiger partial charge in [-0.05, 0) is 48.9 Å². The van der Waals surface area contributed by atoms with E-state index in [0.29, 0.717) is 29.2 Å². The van der Waals surface area contributed by atoms with Crippen LogP contribution < -0.4 is 25.2 Å². The van der Waals surface area contributed by atoms with E-state index in [4.69, 9.17) is 9.47 Å². The molecule has 0 aliphatic carbocycles. The van der Waals surface area contributed by atoms with Crippen LogP contribution >= 0.6 is 0 Å². The maximum atomic E-state index is 12.3. The van der Waals surface area contributed by atoms with E-state index >= 15 is 0 Å². The Morgan fingerprint density at radius 1 is 0.926 bits per heavy atom. The van der Waals surface area contributed by atoms with Crippen LogP contribution in [0.1, 0.15) is 34.1 Å². The van der Waals surface area contributed by atoms with Gasteiger partial charge in [-0.2, -0.15) is 0 Å². The summed E-state index contributed by atoms with van der Waals surface area (Å²) in [5, 5.41) is 0. The van der Waals surface area contributed by atoms with Crippen LogP contribution in [0, 0.1) is 0 Å². The second-order valence-corrected chi connectivity index (χ2v) is 6.06. The number of benzene rings is 2. The first-order valence-corrected chi connectivity index (χ1v) is 8.65. The number of rotatable bonds is 7. The van der Waals surface area contributed by atoms with Crippen molar-refractivity contribution >= 4 is 17.5 Å². The fourth-order valence-corrected chi connectivity index (χ4v) is 2.31. The molecule has 2 aromatic rings. The zero-order valence-electron chi connectivity index (χ0n) is 16.0. The molecule has 2 aromatic carbocycles. The average molecular weight is 371 g/mol. The number of carbonyl (C=O) groups excluding carboxylic acids is 2. The molecule has 0 heterocycles. The Morgan fingerprint density at radius 2 is 1.52 bits per heavy atom. The third-order valence-corrected chi connectivity index (χ3v) is 3.82. The van der Waals surface area contributed by atoms with Gasteiger partial charge in [0.1, 0.15) is 0 Å². The minimum Gasteiger partial charge on any atom is -0.493 e. The molecule has 0 radical (unpaired) electrons. The molecule has 0 unspecified atom stereocenters. The van der Waals surface area contributed by atoms with E-state index in [-0.39, 0.29) is 0 Å². The highest BCUT2D eigenvalue weighted by Gasteiger charge is 2.13. The molecule has 144 valence electrons. The van der Waals surface area contributed by atoms with Crippen LogP contribution in [0.3, 0.4) is 0 Å². The summed E-state index contributed by atoms with van der Waals surface area (Å²) in [6.45, 7) is 2.57. The normalized spacial score (nSPS) is 10.1. The minimum atomic E-state index is -0.450. The van der Waals surface area contributed by atoms with Crippen molar-refractivity contribution in [3.05, 3.63) is 53.6 Å². The zero-order valence-corrected chi connectivity index (χ0v) is 16.0. The summed E-state index contributed by atoms with van der Waals surface area (Å²) in [7, 11) is 5.35. The number of hydrazine groups is 1. The highest BCUT2D eigenvalue weighted by atomic mass is 16.5. The van der Waals surface area contributed by atoms with Gasteiger partial charge < -0.3 is 14.4 Å². The molecule has 7 nitrogen and oxygen atoms in total. The van der Waals surface area contributed by atoms with Crippen molar-refractivity contribution in [2.24, 2.45) is 0 Å². The monoisotopic (exact) mass is 371 g/mol. The summed E-state index contributed by atoms with van der Waals surface area (Å²) in [6.07, 6.45) is 0.868. The SMILES string of the molecule is CCCOc1ccc(C(=O)NNC(=O)c2ccc(N(C)C)cc2)cc1OC. The van der Waals surface area contributed by atoms with Crippen LogP contribution in [0.25, 0.3) is 0 Å². The molecule has 2 amide bonds. The molecule has 0 aliphatic rings. The number of nitrogens with zero attached hydrogens (tertiary/aromatic N) is 1. The first-order chi connectivity index (χ1) is 13.0. The number of carbonyl (C=O) groups is 2. The molecule has 0 atom stereocenters. The summed E-state index contributed by atoms with van der Waals surface area (Å²) in [6, 6.07) is 11.9. The van der Waals surface area contributed by atoms with E-state index < -0.39 is 11.8 Å². The van der Waals surface area contributed by atoms with E-state index in [1.807, 2.05) is 38.1 Å². The Labute approximate surface area is 159 Å². The molecule has 0 saturated carbocycles. The molecule has 27 heavy (non-hydrogen) atoms. The van der Waals surface area contributed by atoms with Crippen LogP contribution in [0.5, 0.6) is 11.5 Å². The number of amides is 2. The Bertz CT molecular complexity index is 788. The van der Waals surface area contributed by atoms with E-state index in [1.165, 1.54) is 7.11 Å². The van der Waals surface area contributed by atoms with Gasteiger partial charge in [-0.3, -0.25) is 20.4 Å². The molecule has 0 aliphatic heterocycles. The van der Waals surface area contributed by atoms with E-state index in [9.17, 15) is 9.59 Å². The summed E-state index contributed by atoms with van der Waals surface area (Å²) >= 11 is 0. The molecule has 7 heteroatoms. The molecule has 0 saturated heterocycles. The van der Waals surface area contributed by atoms with Gasteiger partial charge in [0.25, 0.3) is 11.8 Å². The summed E-state index contributed by atoms with van der Waals surface area (Å²) in [4.78, 5) is 26.4. The van der Waals surface area contributed by atoms with Crippen LogP contribution in [0.15, 0.2) is 42.5 Å². The minimum absolute atomic E-state index is 0.346. The van der Waals surface area contributed by atoms with Crippen molar-refractivity contribution < 1.29 is 19.1 Å². The number of anilines is 1. The number of methoxy groups -OCH3 is 1. The van der Waals surface area contributed by atoms with Crippen molar-refractivity contribution in [1.29, 1.82) is 0 Å². The van der Waals surface area contributed by atoms with Crippen molar-refractivity contribution in [2.45, 2.75) is 13.3 Å². The van der Waals surface area contributed by atoms with Gasteiger partial charge in [0.05, 0.1) is 13.7 Å². The Kier molecular flexibility index (Phi) is 7.05. The first-order valence-electron chi connectivity index (χ1n) is 8.65. The lowest BCUT2D eigenvalue weighted by molar-refractivity contribution is 0.0846. The summed E-state index contributed by atoms with van der Waals surface area (Å²) < 4.78 is 10.8. The van der Waals surface area contributed by atoms with Crippen LogP contribution in [0.4, 0.5) is 5.69 Å².